The molecule has 27 heavy (non-hydrogen) atoms. The van der Waals surface area contributed by atoms with Gasteiger partial charge in [0, 0.05) is 24.9 Å². The van der Waals surface area contributed by atoms with E-state index >= 15 is 0 Å². The summed E-state index contributed by atoms with van der Waals surface area (Å²) in [5.74, 6) is -0.121. The van der Waals surface area contributed by atoms with E-state index in [4.69, 9.17) is 9.84 Å². The highest BCUT2D eigenvalue weighted by Gasteiger charge is 2.21. The molecule has 1 unspecified atom stereocenters. The van der Waals surface area contributed by atoms with Crippen molar-refractivity contribution in [3.8, 4) is 16.9 Å². The zero-order valence-corrected chi connectivity index (χ0v) is 15.4. The van der Waals surface area contributed by atoms with Crippen LogP contribution in [0.4, 0.5) is 0 Å². The van der Waals surface area contributed by atoms with Gasteiger partial charge in [-0.05, 0) is 38.0 Å². The second kappa shape index (κ2) is 7.76. The third-order valence-corrected chi connectivity index (χ3v) is 4.79. The molecule has 2 heterocycles. The Morgan fingerprint density at radius 2 is 2.07 bits per heavy atom. The summed E-state index contributed by atoms with van der Waals surface area (Å²) in [5, 5.41) is 7.73. The quantitative estimate of drug-likeness (QED) is 0.753. The lowest BCUT2D eigenvalue weighted by atomic mass is 10.1. The van der Waals surface area contributed by atoms with Gasteiger partial charge in [-0.1, -0.05) is 42.0 Å². The number of nitrogens with one attached hydrogen (secondary N) is 1. The lowest BCUT2D eigenvalue weighted by Gasteiger charge is -2.10. The first-order valence-corrected chi connectivity index (χ1v) is 9.32. The maximum Gasteiger partial charge on any atom is 0.255 e. The Balaban J connectivity index is 1.67. The maximum absolute atomic E-state index is 12.9. The minimum absolute atomic E-state index is 0.112. The molecule has 4 rings (SSSR count). The Morgan fingerprint density at radius 3 is 2.81 bits per heavy atom. The van der Waals surface area contributed by atoms with Crippen molar-refractivity contribution in [2.75, 3.05) is 13.2 Å². The summed E-state index contributed by atoms with van der Waals surface area (Å²) in [6, 6.07) is 17.9. The topological polar surface area (TPSA) is 56.2 Å². The molecule has 1 aromatic heterocycles. The Kier molecular flexibility index (Phi) is 5.03. The summed E-state index contributed by atoms with van der Waals surface area (Å²) >= 11 is 0. The van der Waals surface area contributed by atoms with Crippen LogP contribution in [0.2, 0.25) is 0 Å². The van der Waals surface area contributed by atoms with Gasteiger partial charge in [-0.2, -0.15) is 5.10 Å². The standard InChI is InChI=1S/C22H23N3O2/c1-16-7-5-8-17(13-16)21-20(22(26)23-14-19-11-6-12-27-19)15-25(24-21)18-9-3-2-4-10-18/h2-5,7-10,13,15,19H,6,11-12,14H2,1H3,(H,23,26). The van der Waals surface area contributed by atoms with Crippen LogP contribution in [-0.2, 0) is 4.74 Å². The highest BCUT2D eigenvalue weighted by Crippen LogP contribution is 2.25. The number of aromatic nitrogens is 2. The van der Waals surface area contributed by atoms with Gasteiger partial charge in [0.25, 0.3) is 5.91 Å². The van der Waals surface area contributed by atoms with Gasteiger partial charge in [-0.15, -0.1) is 0 Å². The van der Waals surface area contributed by atoms with Crippen LogP contribution in [0.15, 0.2) is 60.8 Å². The van der Waals surface area contributed by atoms with Crippen molar-refractivity contribution >= 4 is 5.91 Å². The molecule has 2 aromatic carbocycles. The summed E-state index contributed by atoms with van der Waals surface area (Å²) in [4.78, 5) is 12.9. The van der Waals surface area contributed by atoms with Crippen molar-refractivity contribution in [2.24, 2.45) is 0 Å². The molecule has 5 heteroatoms. The molecule has 1 atom stereocenters. The Hall–Kier alpha value is -2.92. The number of carbonyl (C=O) groups is 1. The van der Waals surface area contributed by atoms with Crippen molar-refractivity contribution in [3.05, 3.63) is 71.9 Å². The molecule has 0 saturated carbocycles. The number of nitrogens with zero attached hydrogens (tertiary/aromatic N) is 2. The molecule has 1 aliphatic rings. The fourth-order valence-corrected chi connectivity index (χ4v) is 3.37. The summed E-state index contributed by atoms with van der Waals surface area (Å²) in [6.07, 6.45) is 3.97. The van der Waals surface area contributed by atoms with E-state index in [2.05, 4.69) is 11.4 Å². The van der Waals surface area contributed by atoms with E-state index in [1.807, 2.05) is 55.5 Å². The number of hydrogen-bond donors (Lipinski definition) is 1. The summed E-state index contributed by atoms with van der Waals surface area (Å²) in [5.41, 5.74) is 4.25. The van der Waals surface area contributed by atoms with Crippen LogP contribution in [0.5, 0.6) is 0 Å². The first kappa shape index (κ1) is 17.5. The number of rotatable bonds is 5. The highest BCUT2D eigenvalue weighted by atomic mass is 16.5. The summed E-state index contributed by atoms with van der Waals surface area (Å²) in [7, 11) is 0. The third-order valence-electron chi connectivity index (χ3n) is 4.79. The van der Waals surface area contributed by atoms with Gasteiger partial charge in [0.15, 0.2) is 0 Å². The summed E-state index contributed by atoms with van der Waals surface area (Å²) < 4.78 is 7.37. The van der Waals surface area contributed by atoms with Gasteiger partial charge in [-0.25, -0.2) is 4.68 Å². The van der Waals surface area contributed by atoms with Crippen molar-refractivity contribution in [3.63, 3.8) is 0 Å². The van der Waals surface area contributed by atoms with E-state index in [-0.39, 0.29) is 12.0 Å². The molecule has 1 saturated heterocycles. The monoisotopic (exact) mass is 361 g/mol. The average Bonchev–Trinajstić information content (AvgIpc) is 3.37. The zero-order valence-electron chi connectivity index (χ0n) is 15.4. The third kappa shape index (κ3) is 3.93. The number of hydrogen-bond acceptors (Lipinski definition) is 3. The number of benzene rings is 2. The first-order valence-electron chi connectivity index (χ1n) is 9.32. The van der Waals surface area contributed by atoms with E-state index < -0.39 is 0 Å². The number of amides is 1. The van der Waals surface area contributed by atoms with Crippen LogP contribution in [0, 0.1) is 6.92 Å². The first-order chi connectivity index (χ1) is 13.2. The van der Waals surface area contributed by atoms with E-state index in [0.29, 0.717) is 17.8 Å². The van der Waals surface area contributed by atoms with Crippen molar-refractivity contribution in [2.45, 2.75) is 25.9 Å². The normalized spacial score (nSPS) is 16.4. The molecule has 5 nitrogen and oxygen atoms in total. The van der Waals surface area contributed by atoms with E-state index in [1.54, 1.807) is 10.9 Å². The smallest absolute Gasteiger partial charge is 0.255 e. The van der Waals surface area contributed by atoms with Crippen molar-refractivity contribution in [1.82, 2.24) is 15.1 Å². The molecule has 1 aliphatic heterocycles. The minimum atomic E-state index is -0.121. The fraction of sp³-hybridized carbons (Fsp3) is 0.273. The molecular formula is C22H23N3O2. The van der Waals surface area contributed by atoms with E-state index in [9.17, 15) is 4.79 Å². The van der Waals surface area contributed by atoms with Crippen LogP contribution in [-0.4, -0.2) is 34.9 Å². The molecule has 1 fully saturated rings. The number of para-hydroxylation sites is 1. The van der Waals surface area contributed by atoms with Crippen LogP contribution in [0.3, 0.4) is 0 Å². The maximum atomic E-state index is 12.9. The molecule has 138 valence electrons. The Bertz CT molecular complexity index is 928. The average molecular weight is 361 g/mol. The molecule has 0 radical (unpaired) electrons. The molecule has 0 spiro atoms. The zero-order chi connectivity index (χ0) is 18.6. The van der Waals surface area contributed by atoms with Gasteiger partial charge in [0.2, 0.25) is 0 Å². The van der Waals surface area contributed by atoms with E-state index in [1.165, 1.54) is 0 Å². The summed E-state index contributed by atoms with van der Waals surface area (Å²) in [6.45, 7) is 3.35. The molecule has 3 aromatic rings. The molecular weight excluding hydrogens is 338 g/mol. The van der Waals surface area contributed by atoms with Gasteiger partial charge in [-0.3, -0.25) is 4.79 Å². The highest BCUT2D eigenvalue weighted by molar-refractivity contribution is 6.00. The second-order valence-electron chi connectivity index (χ2n) is 6.89. The van der Waals surface area contributed by atoms with Gasteiger partial charge in [0.05, 0.1) is 17.4 Å². The van der Waals surface area contributed by atoms with Crippen LogP contribution >= 0.6 is 0 Å². The predicted octanol–water partition coefficient (Wildman–Crippen LogP) is 3.76. The van der Waals surface area contributed by atoms with Gasteiger partial charge in [0.1, 0.15) is 5.69 Å². The van der Waals surface area contributed by atoms with E-state index in [0.717, 1.165) is 36.3 Å². The molecule has 1 N–H and O–H groups in total. The minimum Gasteiger partial charge on any atom is -0.376 e. The predicted molar refractivity (Wildman–Crippen MR) is 105 cm³/mol. The van der Waals surface area contributed by atoms with Gasteiger partial charge < -0.3 is 10.1 Å². The molecule has 1 amide bonds. The molecule has 0 aliphatic carbocycles. The lowest BCUT2D eigenvalue weighted by Crippen LogP contribution is -2.31. The Labute approximate surface area is 159 Å². The van der Waals surface area contributed by atoms with Gasteiger partial charge >= 0.3 is 0 Å². The van der Waals surface area contributed by atoms with Crippen LogP contribution in [0.25, 0.3) is 16.9 Å². The van der Waals surface area contributed by atoms with Crippen molar-refractivity contribution in [1.29, 1.82) is 0 Å². The van der Waals surface area contributed by atoms with Crippen molar-refractivity contribution < 1.29 is 9.53 Å². The number of ether oxygens (including phenoxy) is 1. The second-order valence-corrected chi connectivity index (χ2v) is 6.89. The number of carbonyl (C=O) groups excluding carboxylic acids is 1. The fourth-order valence-electron chi connectivity index (χ4n) is 3.37. The number of aryl methyl sites for hydroxylation is 1. The van der Waals surface area contributed by atoms with Crippen LogP contribution in [0.1, 0.15) is 28.8 Å². The largest absolute Gasteiger partial charge is 0.376 e. The van der Waals surface area contributed by atoms with Crippen LogP contribution < -0.4 is 5.32 Å². The lowest BCUT2D eigenvalue weighted by molar-refractivity contribution is 0.0858. The molecule has 0 bridgehead atoms. The SMILES string of the molecule is Cc1cccc(-c2nn(-c3ccccc3)cc2C(=O)NCC2CCCO2)c1. The Morgan fingerprint density at radius 1 is 1.22 bits per heavy atom.